The fourth-order valence-corrected chi connectivity index (χ4v) is 4.72. The van der Waals surface area contributed by atoms with Crippen LogP contribution in [0.15, 0.2) is 14.3 Å². The molecule has 2 aromatic rings. The van der Waals surface area contributed by atoms with E-state index in [0.717, 1.165) is 40.6 Å². The molecule has 0 spiro atoms. The van der Waals surface area contributed by atoms with Crippen LogP contribution in [-0.4, -0.2) is 16.5 Å². The fourth-order valence-electron chi connectivity index (χ4n) is 1.70. The number of hydrogen-bond donors (Lipinski definition) is 1. The maximum atomic E-state index is 4.75. The number of aromatic nitrogens is 2. The monoisotopic (exact) mass is 529 g/mol. The van der Waals surface area contributed by atoms with E-state index < -0.39 is 0 Å². The zero-order chi connectivity index (χ0) is 14.9. The van der Waals surface area contributed by atoms with Crippen LogP contribution in [0.25, 0.3) is 10.7 Å². The number of halogens is 3. The van der Waals surface area contributed by atoms with E-state index in [1.807, 2.05) is 0 Å². The van der Waals surface area contributed by atoms with Crippen molar-refractivity contribution in [3.05, 3.63) is 23.6 Å². The largest absolute Gasteiger partial charge is 0.369 e. The average molecular weight is 531 g/mol. The lowest BCUT2D eigenvalue weighted by Gasteiger charge is -2.13. The van der Waals surface area contributed by atoms with Crippen molar-refractivity contribution < 1.29 is 0 Å². The number of thiophene rings is 1. The van der Waals surface area contributed by atoms with Crippen LogP contribution in [0.1, 0.15) is 32.4 Å². The third-order valence-electron chi connectivity index (χ3n) is 2.63. The molecule has 0 radical (unpaired) electrons. The Morgan fingerprint density at radius 3 is 2.55 bits per heavy atom. The molecule has 1 N–H and O–H groups in total. The number of hydrogen-bond acceptors (Lipinski definition) is 4. The van der Waals surface area contributed by atoms with Gasteiger partial charge in [-0.25, -0.2) is 9.97 Å². The molecule has 20 heavy (non-hydrogen) atoms. The van der Waals surface area contributed by atoms with Gasteiger partial charge in [0.15, 0.2) is 5.82 Å². The summed E-state index contributed by atoms with van der Waals surface area (Å²) in [4.78, 5) is 10.5. The second kappa shape index (κ2) is 7.02. The molecule has 0 aliphatic rings. The Hall–Kier alpha value is 0.270. The molecule has 7 heteroatoms. The van der Waals surface area contributed by atoms with Crippen molar-refractivity contribution in [2.45, 2.75) is 26.7 Å². The standard InChI is InChI=1S/C13H14Br2IN3S/c1-4-17-13-9(16)10(6(2)3)18-12(19-13)8-5-7(14)11(15)20-8/h5-6H,4H2,1-3H3,(H,17,18,19). The van der Waals surface area contributed by atoms with Gasteiger partial charge in [0.05, 0.1) is 17.9 Å². The van der Waals surface area contributed by atoms with Crippen LogP contribution in [0.3, 0.4) is 0 Å². The highest BCUT2D eigenvalue weighted by Gasteiger charge is 2.17. The van der Waals surface area contributed by atoms with Gasteiger partial charge in [0, 0.05) is 11.0 Å². The first-order valence-corrected chi connectivity index (χ1v) is 9.68. The molecule has 0 atom stereocenters. The minimum Gasteiger partial charge on any atom is -0.369 e. The number of nitrogens with zero attached hydrogens (tertiary/aromatic N) is 2. The van der Waals surface area contributed by atoms with E-state index in [2.05, 4.69) is 91.6 Å². The van der Waals surface area contributed by atoms with Crippen LogP contribution in [0.2, 0.25) is 0 Å². The topological polar surface area (TPSA) is 37.8 Å². The minimum atomic E-state index is 0.368. The zero-order valence-corrected chi connectivity index (χ0v) is 17.4. The Morgan fingerprint density at radius 1 is 1.35 bits per heavy atom. The third-order valence-corrected chi connectivity index (χ3v) is 6.95. The van der Waals surface area contributed by atoms with E-state index in [9.17, 15) is 0 Å². The molecule has 2 heterocycles. The van der Waals surface area contributed by atoms with Gasteiger partial charge < -0.3 is 5.32 Å². The van der Waals surface area contributed by atoms with E-state index in [1.165, 1.54) is 0 Å². The minimum absolute atomic E-state index is 0.368. The first kappa shape index (κ1) is 16.6. The van der Waals surface area contributed by atoms with Crippen LogP contribution in [0.4, 0.5) is 5.82 Å². The maximum absolute atomic E-state index is 4.75. The normalized spacial score (nSPS) is 11.2. The van der Waals surface area contributed by atoms with Gasteiger partial charge >= 0.3 is 0 Å². The van der Waals surface area contributed by atoms with Crippen molar-refractivity contribution in [2.24, 2.45) is 0 Å². The second-order valence-corrected chi connectivity index (χ2v) is 8.82. The predicted octanol–water partition coefficient (Wildman–Crippen LogP) is 5.89. The van der Waals surface area contributed by atoms with Gasteiger partial charge in [-0.1, -0.05) is 13.8 Å². The van der Waals surface area contributed by atoms with Gasteiger partial charge in [-0.15, -0.1) is 11.3 Å². The molecule has 0 unspecified atom stereocenters. The van der Waals surface area contributed by atoms with E-state index in [-0.39, 0.29) is 0 Å². The zero-order valence-electron chi connectivity index (χ0n) is 11.3. The van der Waals surface area contributed by atoms with Crippen molar-refractivity contribution in [1.29, 1.82) is 0 Å². The molecule has 0 saturated heterocycles. The van der Waals surface area contributed by atoms with E-state index in [4.69, 9.17) is 4.98 Å². The van der Waals surface area contributed by atoms with Gasteiger partial charge in [0.25, 0.3) is 0 Å². The summed E-state index contributed by atoms with van der Waals surface area (Å²) >= 11 is 11.0. The molecule has 0 aliphatic heterocycles. The lowest BCUT2D eigenvalue weighted by Crippen LogP contribution is -2.08. The molecule has 2 aromatic heterocycles. The molecular formula is C13H14Br2IN3S. The molecular weight excluding hydrogens is 517 g/mol. The number of anilines is 1. The van der Waals surface area contributed by atoms with E-state index >= 15 is 0 Å². The Morgan fingerprint density at radius 2 is 2.05 bits per heavy atom. The summed E-state index contributed by atoms with van der Waals surface area (Å²) in [6.07, 6.45) is 0. The lowest BCUT2D eigenvalue weighted by atomic mass is 10.1. The van der Waals surface area contributed by atoms with Crippen LogP contribution in [-0.2, 0) is 0 Å². The van der Waals surface area contributed by atoms with Gasteiger partial charge in [-0.3, -0.25) is 0 Å². The highest BCUT2D eigenvalue weighted by atomic mass is 127. The van der Waals surface area contributed by atoms with Crippen LogP contribution in [0, 0.1) is 3.57 Å². The van der Waals surface area contributed by atoms with Gasteiger partial charge in [0.2, 0.25) is 0 Å². The quantitative estimate of drug-likeness (QED) is 0.501. The molecule has 0 aliphatic carbocycles. The SMILES string of the molecule is CCNc1nc(-c2cc(Br)c(Br)s2)nc(C(C)C)c1I. The molecule has 2 rings (SSSR count). The molecule has 0 fully saturated rings. The molecule has 108 valence electrons. The Balaban J connectivity index is 2.58. The number of nitrogens with one attached hydrogen (secondary N) is 1. The predicted molar refractivity (Wildman–Crippen MR) is 102 cm³/mol. The van der Waals surface area contributed by atoms with Gasteiger partial charge in [-0.05, 0) is 73.4 Å². The molecule has 0 bridgehead atoms. The molecule has 0 saturated carbocycles. The maximum Gasteiger partial charge on any atom is 0.172 e. The van der Waals surface area contributed by atoms with Crippen molar-refractivity contribution >= 4 is 71.6 Å². The summed E-state index contributed by atoms with van der Waals surface area (Å²) in [6.45, 7) is 7.24. The van der Waals surface area contributed by atoms with Gasteiger partial charge in [-0.2, -0.15) is 0 Å². The molecule has 0 amide bonds. The average Bonchev–Trinajstić information content (AvgIpc) is 2.72. The number of rotatable bonds is 4. The van der Waals surface area contributed by atoms with E-state index in [1.54, 1.807) is 11.3 Å². The molecule has 3 nitrogen and oxygen atoms in total. The Labute approximate surface area is 153 Å². The van der Waals surface area contributed by atoms with E-state index in [0.29, 0.717) is 5.92 Å². The van der Waals surface area contributed by atoms with Crippen molar-refractivity contribution in [2.75, 3.05) is 11.9 Å². The first-order chi connectivity index (χ1) is 9.43. The summed E-state index contributed by atoms with van der Waals surface area (Å²) in [5.41, 5.74) is 1.09. The van der Waals surface area contributed by atoms with Crippen LogP contribution < -0.4 is 5.32 Å². The fraction of sp³-hybridized carbons (Fsp3) is 0.385. The summed E-state index contributed by atoms with van der Waals surface area (Å²) in [7, 11) is 0. The summed E-state index contributed by atoms with van der Waals surface area (Å²) in [5, 5.41) is 3.33. The smallest absolute Gasteiger partial charge is 0.172 e. The van der Waals surface area contributed by atoms with Crippen molar-refractivity contribution in [1.82, 2.24) is 9.97 Å². The van der Waals surface area contributed by atoms with Crippen molar-refractivity contribution in [3.63, 3.8) is 0 Å². The third kappa shape index (κ3) is 3.53. The molecule has 0 aromatic carbocycles. The van der Waals surface area contributed by atoms with Crippen molar-refractivity contribution in [3.8, 4) is 10.7 Å². The Bertz CT molecular complexity index is 609. The summed E-state index contributed by atoms with van der Waals surface area (Å²) in [6, 6.07) is 2.05. The summed E-state index contributed by atoms with van der Waals surface area (Å²) in [5.74, 6) is 2.07. The highest BCUT2D eigenvalue weighted by Crippen LogP contribution is 2.38. The second-order valence-electron chi connectivity index (χ2n) is 4.51. The Kier molecular flexibility index (Phi) is 5.84. The first-order valence-electron chi connectivity index (χ1n) is 6.20. The van der Waals surface area contributed by atoms with Crippen LogP contribution >= 0.6 is 65.8 Å². The highest BCUT2D eigenvalue weighted by molar-refractivity contribution is 14.1. The summed E-state index contributed by atoms with van der Waals surface area (Å²) < 4.78 is 3.21. The lowest BCUT2D eigenvalue weighted by molar-refractivity contribution is 0.809. The van der Waals surface area contributed by atoms with Gasteiger partial charge in [0.1, 0.15) is 5.82 Å². The van der Waals surface area contributed by atoms with Crippen LogP contribution in [0.5, 0.6) is 0 Å².